The van der Waals surface area contributed by atoms with E-state index in [1.807, 2.05) is 12.1 Å². The van der Waals surface area contributed by atoms with E-state index in [0.717, 1.165) is 18.6 Å². The van der Waals surface area contributed by atoms with Crippen LogP contribution >= 0.6 is 12.2 Å². The van der Waals surface area contributed by atoms with Gasteiger partial charge in [-0.05, 0) is 62.2 Å². The number of nitrogens with one attached hydrogen (secondary N) is 2. The van der Waals surface area contributed by atoms with Gasteiger partial charge < -0.3 is 4.74 Å². The number of aromatic nitrogens is 3. The van der Waals surface area contributed by atoms with Crippen LogP contribution in [0.4, 0.5) is 0 Å². The summed E-state index contributed by atoms with van der Waals surface area (Å²) in [4.78, 5) is 12.1. The van der Waals surface area contributed by atoms with Crippen molar-refractivity contribution in [1.29, 1.82) is 0 Å². The van der Waals surface area contributed by atoms with E-state index in [0.29, 0.717) is 16.4 Å². The number of carbonyl (C=O) groups excluding carboxylic acids is 1. The number of H-pyrrole nitrogens is 1. The van der Waals surface area contributed by atoms with E-state index in [-0.39, 0.29) is 5.91 Å². The molecule has 1 saturated carbocycles. The minimum Gasteiger partial charge on any atom is -0.490 e. The Morgan fingerprint density at radius 1 is 1.33 bits per heavy atom. The monoisotopic (exact) mass is 304 g/mol. The molecule has 1 heterocycles. The third kappa shape index (κ3) is 3.30. The molecular weight excluding hydrogens is 288 g/mol. The van der Waals surface area contributed by atoms with Gasteiger partial charge >= 0.3 is 0 Å². The van der Waals surface area contributed by atoms with Crippen molar-refractivity contribution in [3.8, 4) is 5.75 Å². The van der Waals surface area contributed by atoms with Crippen molar-refractivity contribution in [2.24, 2.45) is 0 Å². The molecule has 0 bridgehead atoms. The Kier molecular flexibility index (Phi) is 4.01. The van der Waals surface area contributed by atoms with E-state index in [2.05, 4.69) is 15.6 Å². The minimum atomic E-state index is -0.250. The zero-order valence-corrected chi connectivity index (χ0v) is 12.2. The topological polar surface area (TPSA) is 71.9 Å². The first-order valence-electron chi connectivity index (χ1n) is 6.92. The molecule has 1 aliphatic rings. The van der Waals surface area contributed by atoms with Crippen LogP contribution in [0.2, 0.25) is 0 Å². The fraction of sp³-hybridized carbons (Fsp3) is 0.357. The van der Waals surface area contributed by atoms with Crippen molar-refractivity contribution in [3.63, 3.8) is 0 Å². The summed E-state index contributed by atoms with van der Waals surface area (Å²) in [6, 6.07) is 7.12. The Labute approximate surface area is 127 Å². The highest BCUT2D eigenvalue weighted by atomic mass is 32.1. The molecule has 0 unspecified atom stereocenters. The van der Waals surface area contributed by atoms with E-state index in [9.17, 15) is 4.79 Å². The number of carbonyl (C=O) groups is 1. The van der Waals surface area contributed by atoms with Gasteiger partial charge in [-0.25, -0.2) is 4.68 Å². The summed E-state index contributed by atoms with van der Waals surface area (Å²) in [5.41, 5.74) is 3.18. The summed E-state index contributed by atoms with van der Waals surface area (Å²) in [5.74, 6) is 0.554. The van der Waals surface area contributed by atoms with Crippen molar-refractivity contribution < 1.29 is 9.53 Å². The summed E-state index contributed by atoms with van der Waals surface area (Å²) in [5, 5.41) is 6.31. The Balaban J connectivity index is 1.64. The van der Waals surface area contributed by atoms with Crippen LogP contribution in [0.15, 0.2) is 30.6 Å². The number of rotatable bonds is 4. The third-order valence-electron chi connectivity index (χ3n) is 3.50. The van der Waals surface area contributed by atoms with E-state index >= 15 is 0 Å². The third-order valence-corrected chi connectivity index (χ3v) is 3.78. The highest BCUT2D eigenvalue weighted by Crippen LogP contribution is 2.24. The van der Waals surface area contributed by atoms with E-state index < -0.39 is 0 Å². The van der Waals surface area contributed by atoms with Crippen molar-refractivity contribution in [3.05, 3.63) is 40.9 Å². The molecule has 0 radical (unpaired) electrons. The van der Waals surface area contributed by atoms with E-state index in [4.69, 9.17) is 17.0 Å². The molecule has 2 N–H and O–H groups in total. The summed E-state index contributed by atoms with van der Waals surface area (Å²) in [7, 11) is 0. The first-order valence-corrected chi connectivity index (χ1v) is 7.33. The minimum absolute atomic E-state index is 0.250. The molecule has 0 saturated heterocycles. The van der Waals surface area contributed by atoms with Gasteiger partial charge in [-0.3, -0.25) is 15.3 Å². The maximum atomic E-state index is 12.1. The average Bonchev–Trinajstić information content (AvgIpc) is 3.12. The molecule has 3 rings (SSSR count). The van der Waals surface area contributed by atoms with Crippen LogP contribution in [0.1, 0.15) is 36.0 Å². The summed E-state index contributed by atoms with van der Waals surface area (Å²) in [6.07, 6.45) is 6.42. The molecule has 1 aromatic carbocycles. The maximum Gasteiger partial charge on any atom is 0.270 e. The lowest BCUT2D eigenvalue weighted by Gasteiger charge is -2.13. The Hall–Kier alpha value is -2.15. The predicted octanol–water partition coefficient (Wildman–Crippen LogP) is 2.65. The van der Waals surface area contributed by atoms with Gasteiger partial charge in [0, 0.05) is 5.56 Å². The number of hydrogen-bond acceptors (Lipinski definition) is 4. The van der Waals surface area contributed by atoms with Gasteiger partial charge in [-0.1, -0.05) is 0 Å². The zero-order chi connectivity index (χ0) is 14.7. The van der Waals surface area contributed by atoms with Crippen LogP contribution in [0.25, 0.3) is 0 Å². The molecule has 7 heteroatoms. The Morgan fingerprint density at radius 3 is 2.67 bits per heavy atom. The molecule has 0 aliphatic heterocycles. The molecule has 1 amide bonds. The molecular formula is C14H16N4O2S. The number of benzene rings is 1. The number of hydrogen-bond donors (Lipinski definition) is 2. The Morgan fingerprint density at radius 2 is 2.05 bits per heavy atom. The molecule has 1 fully saturated rings. The summed E-state index contributed by atoms with van der Waals surface area (Å²) >= 11 is 4.96. The Bertz CT molecular complexity index is 671. The molecule has 21 heavy (non-hydrogen) atoms. The number of nitrogens with zero attached hydrogens (tertiary/aromatic N) is 2. The van der Waals surface area contributed by atoms with Crippen molar-refractivity contribution in [1.82, 2.24) is 14.9 Å². The first-order chi connectivity index (χ1) is 10.2. The number of aromatic amines is 1. The second kappa shape index (κ2) is 6.09. The van der Waals surface area contributed by atoms with Crippen LogP contribution in [0.5, 0.6) is 5.75 Å². The standard InChI is InChI=1S/C14H16N4O2S/c19-13(17-18-9-15-16-14(18)21)10-5-7-12(8-6-10)20-11-3-1-2-4-11/h5-9,11H,1-4H2,(H,16,21)(H,17,19). The van der Waals surface area contributed by atoms with Crippen LogP contribution in [-0.4, -0.2) is 26.9 Å². The second-order valence-corrected chi connectivity index (χ2v) is 5.41. The van der Waals surface area contributed by atoms with Crippen molar-refractivity contribution in [2.75, 3.05) is 5.43 Å². The van der Waals surface area contributed by atoms with Gasteiger partial charge in [0.2, 0.25) is 4.77 Å². The van der Waals surface area contributed by atoms with Crippen LogP contribution in [0.3, 0.4) is 0 Å². The van der Waals surface area contributed by atoms with Gasteiger partial charge in [0.1, 0.15) is 12.1 Å². The average molecular weight is 304 g/mol. The largest absolute Gasteiger partial charge is 0.490 e. The highest BCUT2D eigenvalue weighted by Gasteiger charge is 2.16. The lowest BCUT2D eigenvalue weighted by atomic mass is 10.2. The molecule has 2 aromatic rings. The van der Waals surface area contributed by atoms with E-state index in [1.165, 1.54) is 23.8 Å². The van der Waals surface area contributed by atoms with Crippen LogP contribution in [-0.2, 0) is 0 Å². The van der Waals surface area contributed by atoms with Gasteiger partial charge in [0.15, 0.2) is 0 Å². The fourth-order valence-corrected chi connectivity index (χ4v) is 2.53. The van der Waals surface area contributed by atoms with E-state index in [1.54, 1.807) is 12.1 Å². The summed E-state index contributed by atoms with van der Waals surface area (Å²) in [6.45, 7) is 0. The molecule has 110 valence electrons. The van der Waals surface area contributed by atoms with Crippen molar-refractivity contribution >= 4 is 18.1 Å². The fourth-order valence-electron chi connectivity index (χ4n) is 2.39. The molecule has 1 aromatic heterocycles. The van der Waals surface area contributed by atoms with Gasteiger partial charge in [0.25, 0.3) is 5.91 Å². The lowest BCUT2D eigenvalue weighted by Crippen LogP contribution is -2.22. The van der Waals surface area contributed by atoms with Gasteiger partial charge in [0.05, 0.1) is 6.10 Å². The van der Waals surface area contributed by atoms with Crippen LogP contribution < -0.4 is 10.2 Å². The second-order valence-electron chi connectivity index (χ2n) is 5.02. The number of ether oxygens (including phenoxy) is 1. The SMILES string of the molecule is O=C(Nn1cn[nH]c1=S)c1ccc(OC2CCCC2)cc1. The lowest BCUT2D eigenvalue weighted by molar-refractivity contribution is 0.101. The van der Waals surface area contributed by atoms with Gasteiger partial charge in [-0.2, -0.15) is 5.10 Å². The highest BCUT2D eigenvalue weighted by molar-refractivity contribution is 7.71. The molecule has 6 nitrogen and oxygen atoms in total. The smallest absolute Gasteiger partial charge is 0.270 e. The normalized spacial score (nSPS) is 15.0. The first kappa shape index (κ1) is 13.8. The van der Waals surface area contributed by atoms with Crippen molar-refractivity contribution in [2.45, 2.75) is 31.8 Å². The predicted molar refractivity (Wildman–Crippen MR) is 80.4 cm³/mol. The molecule has 0 atom stereocenters. The maximum absolute atomic E-state index is 12.1. The zero-order valence-electron chi connectivity index (χ0n) is 11.4. The molecule has 0 spiro atoms. The summed E-state index contributed by atoms with van der Waals surface area (Å²) < 4.78 is 7.57. The quantitative estimate of drug-likeness (QED) is 0.852. The number of amides is 1. The molecule has 1 aliphatic carbocycles. The van der Waals surface area contributed by atoms with Crippen LogP contribution in [0, 0.1) is 4.77 Å². The van der Waals surface area contributed by atoms with Gasteiger partial charge in [-0.15, -0.1) is 0 Å².